The largest absolute Gasteiger partial charge is 2.00 e. The maximum Gasteiger partial charge on any atom is 2.00 e. The molecule has 0 aromatic carbocycles. The van der Waals surface area contributed by atoms with Gasteiger partial charge in [-0.05, 0) is 108 Å². The first-order chi connectivity index (χ1) is 15.6. The van der Waals surface area contributed by atoms with Gasteiger partial charge in [-0.2, -0.15) is 0 Å². The molecule has 0 unspecified atom stereocenters. The van der Waals surface area contributed by atoms with E-state index in [9.17, 15) is 0 Å². The van der Waals surface area contributed by atoms with E-state index in [1.165, 1.54) is 10.5 Å². The van der Waals surface area contributed by atoms with Crippen LogP contribution in [0.3, 0.4) is 0 Å². The maximum atomic E-state index is 6.75. The van der Waals surface area contributed by atoms with E-state index in [1.54, 1.807) is 0 Å². The van der Waals surface area contributed by atoms with E-state index < -0.39 is 16.1 Å². The van der Waals surface area contributed by atoms with Gasteiger partial charge in [-0.1, -0.05) is 26.8 Å². The zero-order valence-corrected chi connectivity index (χ0v) is 28.7. The molecule has 0 aromatic rings. The summed E-state index contributed by atoms with van der Waals surface area (Å²) in [5.74, 6) is 2.01. The van der Waals surface area contributed by atoms with Gasteiger partial charge in [0.2, 0.25) is 0 Å². The minimum absolute atomic E-state index is 0. The molecular weight excluding hydrogens is 529 g/mol. The summed E-state index contributed by atoms with van der Waals surface area (Å²) in [7, 11) is -2.15. The third-order valence-electron chi connectivity index (χ3n) is 6.31. The number of nitrogens with zero attached hydrogens (tertiary/aromatic N) is 6. The minimum Gasteiger partial charge on any atom is -0.373 e. The minimum atomic E-state index is -1.08. The summed E-state index contributed by atoms with van der Waals surface area (Å²) in [5.41, 5.74) is 14.7. The monoisotopic (exact) mass is 582 g/mol. The maximum absolute atomic E-state index is 6.75. The molecule has 0 saturated heterocycles. The molecule has 0 aromatic heterocycles. The van der Waals surface area contributed by atoms with E-state index in [0.717, 1.165) is 30.9 Å². The fraction of sp³-hybridized carbons (Fsp3) is 0.852. The van der Waals surface area contributed by atoms with Crippen molar-refractivity contribution in [1.82, 2.24) is 0 Å². The molecule has 0 bridgehead atoms. The second-order valence-electron chi connectivity index (χ2n) is 13.7. The van der Waals surface area contributed by atoms with Crippen molar-refractivity contribution in [2.24, 2.45) is 14.9 Å². The Morgan fingerprint density at radius 3 is 1.36 bits per heavy atom. The van der Waals surface area contributed by atoms with Crippen molar-refractivity contribution in [1.29, 1.82) is 0 Å². The summed E-state index contributed by atoms with van der Waals surface area (Å²) in [6.45, 7) is 35.0. The van der Waals surface area contributed by atoms with Gasteiger partial charge in [0.1, 0.15) is 0 Å². The topological polar surface area (TPSA) is 97.5 Å². The van der Waals surface area contributed by atoms with E-state index in [1.807, 2.05) is 0 Å². The van der Waals surface area contributed by atoms with E-state index in [2.05, 4.69) is 110 Å². The molecule has 1 heterocycles. The standard InChI is InChI=1S/C27H52N3P2.N3.Ni/c1-16-20-19-27(17-2,18-3)22(30-32(25(10,11)12)26(13,14)15)28-21(20)29-31(23(4,5)6)24(7,8)9;1-3-2;/h19H,16-18H2,1-15H3;;/q2*-1;+2/p+2. The summed E-state index contributed by atoms with van der Waals surface area (Å²) in [5, 5.41) is 6.00. The Morgan fingerprint density at radius 1 is 0.750 bits per heavy atom. The summed E-state index contributed by atoms with van der Waals surface area (Å²) in [6, 6.07) is 0. The third-order valence-corrected chi connectivity index (χ3v) is 12.9. The molecule has 0 spiro atoms. The second-order valence-corrected chi connectivity index (χ2v) is 21.5. The van der Waals surface area contributed by atoms with Crippen LogP contribution in [0.25, 0.3) is 21.3 Å². The fourth-order valence-electron chi connectivity index (χ4n) is 5.14. The molecule has 1 aliphatic heterocycles. The second kappa shape index (κ2) is 14.1. The third kappa shape index (κ3) is 10.4. The molecule has 210 valence electrons. The predicted octanol–water partition coefficient (Wildman–Crippen LogP) is 10.6. The molecule has 0 N–H and O–H groups in total. The van der Waals surface area contributed by atoms with Crippen molar-refractivity contribution in [3.63, 3.8) is 0 Å². The Labute approximate surface area is 235 Å². The van der Waals surface area contributed by atoms with Crippen molar-refractivity contribution in [3.05, 3.63) is 32.9 Å². The van der Waals surface area contributed by atoms with Crippen molar-refractivity contribution in [2.75, 3.05) is 0 Å². The Bertz CT molecular complexity index is 798. The first kappa shape index (κ1) is 37.7. The first-order valence-corrected chi connectivity index (χ1v) is 15.9. The van der Waals surface area contributed by atoms with Crippen molar-refractivity contribution >= 4 is 27.8 Å². The van der Waals surface area contributed by atoms with Crippen molar-refractivity contribution in [3.8, 4) is 0 Å². The van der Waals surface area contributed by atoms with Crippen LogP contribution < -0.4 is 0 Å². The van der Waals surface area contributed by atoms with Crippen LogP contribution in [-0.2, 0) is 16.5 Å². The Balaban J connectivity index is 0. The molecule has 1 rings (SSSR count). The van der Waals surface area contributed by atoms with Gasteiger partial charge in [-0.25, -0.2) is 9.53 Å². The number of amidine groups is 2. The molecular formula is C27H54N6NiP2+2. The van der Waals surface area contributed by atoms with Gasteiger partial charge >= 0.3 is 16.5 Å². The first-order valence-electron chi connectivity index (χ1n) is 13.0. The van der Waals surface area contributed by atoms with Crippen LogP contribution in [0, 0.1) is 5.41 Å². The van der Waals surface area contributed by atoms with Crippen molar-refractivity contribution in [2.45, 2.75) is 144 Å². The Kier molecular flexibility index (Phi) is 14.7. The van der Waals surface area contributed by atoms with Gasteiger partial charge in [-0.15, -0.1) is 0 Å². The van der Waals surface area contributed by atoms with Crippen LogP contribution in [0.4, 0.5) is 0 Å². The summed E-state index contributed by atoms with van der Waals surface area (Å²) >= 11 is 0. The van der Waals surface area contributed by atoms with Gasteiger partial charge in [0.05, 0.1) is 36.8 Å². The summed E-state index contributed by atoms with van der Waals surface area (Å²) < 4.78 is 11.0. The van der Waals surface area contributed by atoms with Crippen LogP contribution >= 0.6 is 16.1 Å². The summed E-state index contributed by atoms with van der Waals surface area (Å²) in [4.78, 5) is 1.50. The van der Waals surface area contributed by atoms with Gasteiger partial charge < -0.3 is 16.4 Å². The molecule has 0 atom stereocenters. The number of rotatable bonds is 5. The normalized spacial score (nSPS) is 18.8. The number of hydrogen-bond acceptors (Lipinski definition) is 2. The Morgan fingerprint density at radius 2 is 1.08 bits per heavy atom. The van der Waals surface area contributed by atoms with Gasteiger partial charge in [0.15, 0.2) is 0 Å². The number of hydrogen-bond donors (Lipinski definition) is 0. The molecule has 6 nitrogen and oxygen atoms in total. The molecule has 0 radical (unpaired) electrons. The molecule has 1 aliphatic rings. The fourth-order valence-corrected chi connectivity index (χ4v) is 11.9. The van der Waals surface area contributed by atoms with E-state index in [-0.39, 0.29) is 42.5 Å². The quantitative estimate of drug-likeness (QED) is 0.101. The molecule has 0 aliphatic carbocycles. The Hall–Kier alpha value is -0.456. The van der Waals surface area contributed by atoms with E-state index in [0.29, 0.717) is 0 Å². The molecule has 0 fully saturated rings. The SMILES string of the molecule is CCC1=CC(CC)(CC)/C(=N/[PH+](C(C)(C)C)C(C)(C)C)[N-]/C1=N\[PH+](C(C)(C)C)C(C)(C)C.[N-]=[N+]=[N-].[Ni+2]. The molecule has 0 saturated carbocycles. The van der Waals surface area contributed by atoms with Gasteiger partial charge in [0.25, 0.3) is 0 Å². The zero-order chi connectivity index (χ0) is 28.0. The molecule has 9 heteroatoms. The molecule has 0 amide bonds. The van der Waals surface area contributed by atoms with Crippen LogP contribution in [0.5, 0.6) is 0 Å². The van der Waals surface area contributed by atoms with Crippen LogP contribution in [0.2, 0.25) is 0 Å². The van der Waals surface area contributed by atoms with Gasteiger partial charge in [0, 0.05) is 17.1 Å². The smallest absolute Gasteiger partial charge is 0.373 e. The van der Waals surface area contributed by atoms with Crippen LogP contribution in [-0.4, -0.2) is 32.3 Å². The summed E-state index contributed by atoms with van der Waals surface area (Å²) in [6.07, 6.45) is 5.52. The average molecular weight is 583 g/mol. The van der Waals surface area contributed by atoms with Gasteiger partial charge in [-0.3, -0.25) is 4.91 Å². The van der Waals surface area contributed by atoms with Crippen LogP contribution in [0.1, 0.15) is 123 Å². The predicted molar refractivity (Wildman–Crippen MR) is 165 cm³/mol. The average Bonchev–Trinajstić information content (AvgIpc) is 2.67. The van der Waals surface area contributed by atoms with E-state index in [4.69, 9.17) is 25.9 Å². The zero-order valence-electron chi connectivity index (χ0n) is 25.7. The van der Waals surface area contributed by atoms with E-state index >= 15 is 0 Å². The van der Waals surface area contributed by atoms with Crippen molar-refractivity contribution < 1.29 is 16.5 Å². The van der Waals surface area contributed by atoms with Crippen LogP contribution in [0.15, 0.2) is 21.2 Å². The molecule has 36 heavy (non-hydrogen) atoms.